The van der Waals surface area contributed by atoms with Gasteiger partial charge in [-0.2, -0.15) is 5.10 Å². The molecule has 0 saturated carbocycles. The summed E-state index contributed by atoms with van der Waals surface area (Å²) in [6.07, 6.45) is 4.14. The molecule has 1 aliphatic rings. The van der Waals surface area contributed by atoms with Crippen molar-refractivity contribution in [1.82, 2.24) is 19.5 Å². The molecule has 2 aromatic rings. The van der Waals surface area contributed by atoms with E-state index in [-0.39, 0.29) is 0 Å². The first kappa shape index (κ1) is 11.0. The fraction of sp³-hybridized carbons (Fsp3) is 0.500. The Morgan fingerprint density at radius 2 is 2.12 bits per heavy atom. The van der Waals surface area contributed by atoms with Crippen molar-refractivity contribution in [3.8, 4) is 0 Å². The molecule has 1 fully saturated rings. The Balaban J connectivity index is 1.90. The van der Waals surface area contributed by atoms with Gasteiger partial charge in [0, 0.05) is 23.2 Å². The monoisotopic (exact) mass is 250 g/mol. The normalized spacial score (nSPS) is 18.9. The van der Waals surface area contributed by atoms with Crippen molar-refractivity contribution in [1.29, 1.82) is 0 Å². The summed E-state index contributed by atoms with van der Waals surface area (Å²) >= 11 is 5.95. The van der Waals surface area contributed by atoms with Crippen LogP contribution in [-0.4, -0.2) is 39.6 Å². The third-order valence-corrected chi connectivity index (χ3v) is 3.63. The highest BCUT2D eigenvalue weighted by atomic mass is 35.5. The van der Waals surface area contributed by atoms with Crippen LogP contribution >= 0.6 is 11.6 Å². The molecule has 3 rings (SSSR count). The predicted octanol–water partition coefficient (Wildman–Crippen LogP) is 2.19. The highest BCUT2D eigenvalue weighted by molar-refractivity contribution is 6.30. The maximum Gasteiger partial charge on any atom is 0.157 e. The van der Waals surface area contributed by atoms with Gasteiger partial charge in [-0.15, -0.1) is 0 Å². The predicted molar refractivity (Wildman–Crippen MR) is 67.5 cm³/mol. The summed E-state index contributed by atoms with van der Waals surface area (Å²) in [6, 6.07) is 3.69. The van der Waals surface area contributed by atoms with Crippen LogP contribution in [0.4, 0.5) is 0 Å². The SMILES string of the molecule is CN1CCC(c2nc3cc(Cl)ccn3n2)CC1. The second-order valence-electron chi connectivity index (χ2n) is 4.70. The Bertz CT molecular complexity index is 528. The van der Waals surface area contributed by atoms with Gasteiger partial charge in [-0.25, -0.2) is 9.50 Å². The third-order valence-electron chi connectivity index (χ3n) is 3.40. The van der Waals surface area contributed by atoms with Gasteiger partial charge in [-0.3, -0.25) is 0 Å². The molecule has 0 atom stereocenters. The van der Waals surface area contributed by atoms with E-state index >= 15 is 0 Å². The standard InChI is InChI=1S/C12H15ClN4/c1-16-5-2-9(3-6-16)12-14-11-8-10(13)4-7-17(11)15-12/h4,7-9H,2-3,5-6H2,1H3. The fourth-order valence-electron chi connectivity index (χ4n) is 2.31. The second-order valence-corrected chi connectivity index (χ2v) is 5.13. The van der Waals surface area contributed by atoms with E-state index in [1.54, 1.807) is 4.52 Å². The zero-order valence-electron chi connectivity index (χ0n) is 9.80. The number of pyridine rings is 1. The summed E-state index contributed by atoms with van der Waals surface area (Å²) in [5.74, 6) is 1.45. The van der Waals surface area contributed by atoms with Crippen LogP contribution in [0.1, 0.15) is 24.6 Å². The Hall–Kier alpha value is -1.13. The Morgan fingerprint density at radius 3 is 2.88 bits per heavy atom. The number of likely N-dealkylation sites (tertiary alicyclic amines) is 1. The van der Waals surface area contributed by atoms with Crippen molar-refractivity contribution in [3.05, 3.63) is 29.2 Å². The van der Waals surface area contributed by atoms with E-state index in [0.717, 1.165) is 37.4 Å². The van der Waals surface area contributed by atoms with Gasteiger partial charge in [-0.05, 0) is 39.0 Å². The van der Waals surface area contributed by atoms with Gasteiger partial charge < -0.3 is 4.90 Å². The summed E-state index contributed by atoms with van der Waals surface area (Å²) in [5, 5.41) is 5.24. The number of halogens is 1. The van der Waals surface area contributed by atoms with Crippen molar-refractivity contribution in [3.63, 3.8) is 0 Å². The molecule has 90 valence electrons. The minimum Gasteiger partial charge on any atom is -0.306 e. The molecular weight excluding hydrogens is 236 g/mol. The van der Waals surface area contributed by atoms with Gasteiger partial charge in [0.1, 0.15) is 0 Å². The molecule has 5 heteroatoms. The first-order valence-electron chi connectivity index (χ1n) is 5.93. The molecule has 2 aromatic heterocycles. The van der Waals surface area contributed by atoms with E-state index in [0.29, 0.717) is 10.9 Å². The third kappa shape index (κ3) is 2.15. The van der Waals surface area contributed by atoms with Gasteiger partial charge in [0.15, 0.2) is 11.5 Å². The topological polar surface area (TPSA) is 33.4 Å². The van der Waals surface area contributed by atoms with Crippen molar-refractivity contribution >= 4 is 17.2 Å². The number of hydrogen-bond acceptors (Lipinski definition) is 3. The lowest BCUT2D eigenvalue weighted by atomic mass is 9.97. The van der Waals surface area contributed by atoms with E-state index in [1.807, 2.05) is 18.3 Å². The van der Waals surface area contributed by atoms with Crippen molar-refractivity contribution in [2.24, 2.45) is 0 Å². The molecule has 0 aliphatic carbocycles. The zero-order valence-corrected chi connectivity index (χ0v) is 10.6. The zero-order chi connectivity index (χ0) is 11.8. The number of fused-ring (bicyclic) bond motifs is 1. The minimum atomic E-state index is 0.491. The average Bonchev–Trinajstić information content (AvgIpc) is 2.72. The number of hydrogen-bond donors (Lipinski definition) is 0. The molecule has 0 aromatic carbocycles. The molecule has 3 heterocycles. The van der Waals surface area contributed by atoms with E-state index in [4.69, 9.17) is 11.6 Å². The maximum absolute atomic E-state index is 5.95. The van der Waals surface area contributed by atoms with Crippen molar-refractivity contribution < 1.29 is 0 Å². The number of nitrogens with zero attached hydrogens (tertiary/aromatic N) is 4. The van der Waals surface area contributed by atoms with Crippen molar-refractivity contribution in [2.75, 3.05) is 20.1 Å². The molecule has 1 aliphatic heterocycles. The Morgan fingerprint density at radius 1 is 1.35 bits per heavy atom. The molecule has 4 nitrogen and oxygen atoms in total. The number of aromatic nitrogens is 3. The first-order chi connectivity index (χ1) is 8.22. The van der Waals surface area contributed by atoms with E-state index in [9.17, 15) is 0 Å². The first-order valence-corrected chi connectivity index (χ1v) is 6.30. The smallest absolute Gasteiger partial charge is 0.157 e. The molecule has 0 unspecified atom stereocenters. The summed E-state index contributed by atoms with van der Waals surface area (Å²) in [7, 11) is 2.16. The maximum atomic E-state index is 5.95. The van der Waals surface area contributed by atoms with E-state index in [1.165, 1.54) is 0 Å². The lowest BCUT2D eigenvalue weighted by molar-refractivity contribution is 0.251. The molecule has 0 amide bonds. The van der Waals surface area contributed by atoms with Crippen LogP contribution in [0.2, 0.25) is 5.02 Å². The number of piperidine rings is 1. The molecule has 0 radical (unpaired) electrons. The highest BCUT2D eigenvalue weighted by Crippen LogP contribution is 2.25. The molecule has 0 bridgehead atoms. The minimum absolute atomic E-state index is 0.491. The van der Waals surface area contributed by atoms with Crippen LogP contribution in [0, 0.1) is 0 Å². The highest BCUT2D eigenvalue weighted by Gasteiger charge is 2.22. The van der Waals surface area contributed by atoms with Crippen LogP contribution in [0.5, 0.6) is 0 Å². The van der Waals surface area contributed by atoms with Gasteiger partial charge in [0.05, 0.1) is 0 Å². The summed E-state index contributed by atoms with van der Waals surface area (Å²) in [6.45, 7) is 2.25. The summed E-state index contributed by atoms with van der Waals surface area (Å²) in [4.78, 5) is 6.92. The summed E-state index contributed by atoms with van der Waals surface area (Å²) in [5.41, 5.74) is 0.839. The van der Waals surface area contributed by atoms with Gasteiger partial charge in [0.2, 0.25) is 0 Å². The lowest BCUT2D eigenvalue weighted by Gasteiger charge is -2.26. The quantitative estimate of drug-likeness (QED) is 0.778. The fourth-order valence-corrected chi connectivity index (χ4v) is 2.47. The summed E-state index contributed by atoms with van der Waals surface area (Å²) < 4.78 is 1.81. The van der Waals surface area contributed by atoms with E-state index in [2.05, 4.69) is 22.0 Å². The van der Waals surface area contributed by atoms with Crippen LogP contribution < -0.4 is 0 Å². The molecule has 0 N–H and O–H groups in total. The Kier molecular flexibility index (Phi) is 2.76. The largest absolute Gasteiger partial charge is 0.306 e. The van der Waals surface area contributed by atoms with Gasteiger partial charge in [-0.1, -0.05) is 11.6 Å². The molecule has 17 heavy (non-hydrogen) atoms. The van der Waals surface area contributed by atoms with Gasteiger partial charge >= 0.3 is 0 Å². The molecule has 1 saturated heterocycles. The van der Waals surface area contributed by atoms with Crippen LogP contribution in [0.3, 0.4) is 0 Å². The molecule has 0 spiro atoms. The molecular formula is C12H15ClN4. The average molecular weight is 251 g/mol. The van der Waals surface area contributed by atoms with Crippen LogP contribution in [0.15, 0.2) is 18.3 Å². The second kappa shape index (κ2) is 4.27. The lowest BCUT2D eigenvalue weighted by Crippen LogP contribution is -2.29. The van der Waals surface area contributed by atoms with Crippen LogP contribution in [-0.2, 0) is 0 Å². The van der Waals surface area contributed by atoms with Gasteiger partial charge in [0.25, 0.3) is 0 Å². The van der Waals surface area contributed by atoms with E-state index < -0.39 is 0 Å². The Labute approximate surface area is 105 Å². The van der Waals surface area contributed by atoms with Crippen molar-refractivity contribution in [2.45, 2.75) is 18.8 Å². The number of rotatable bonds is 1. The van der Waals surface area contributed by atoms with Crippen LogP contribution in [0.25, 0.3) is 5.65 Å².